The zero-order valence-electron chi connectivity index (χ0n) is 8.53. The molecule has 0 fully saturated rings. The van der Waals surface area contributed by atoms with Gasteiger partial charge in [-0.05, 0) is 19.8 Å². The fraction of sp³-hybridized carbons (Fsp3) is 0.778. The van der Waals surface area contributed by atoms with E-state index in [-0.39, 0.29) is 18.0 Å². The standard InChI is InChI=1S/C9H17NO3/c1-6(2)8(10-5-11)9(12)13-7(3)4/h5-8H,1-4H3,(H,10,11)/t8-/m0/s1. The maximum atomic E-state index is 11.3. The Balaban J connectivity index is 4.19. The molecule has 0 radical (unpaired) electrons. The first-order valence-electron chi connectivity index (χ1n) is 4.39. The average Bonchev–Trinajstić information content (AvgIpc) is 1.97. The molecular weight excluding hydrogens is 170 g/mol. The number of carbonyl (C=O) groups excluding carboxylic acids is 2. The van der Waals surface area contributed by atoms with Crippen LogP contribution < -0.4 is 5.32 Å². The van der Waals surface area contributed by atoms with Crippen molar-refractivity contribution in [3.8, 4) is 0 Å². The maximum absolute atomic E-state index is 11.3. The Morgan fingerprint density at radius 3 is 2.15 bits per heavy atom. The number of hydrogen-bond acceptors (Lipinski definition) is 3. The highest BCUT2D eigenvalue weighted by Gasteiger charge is 2.23. The van der Waals surface area contributed by atoms with Crippen molar-refractivity contribution in [1.29, 1.82) is 0 Å². The van der Waals surface area contributed by atoms with Gasteiger partial charge in [-0.3, -0.25) is 4.79 Å². The Morgan fingerprint density at radius 2 is 1.85 bits per heavy atom. The molecule has 0 bridgehead atoms. The summed E-state index contributed by atoms with van der Waals surface area (Å²) in [5.41, 5.74) is 0. The largest absolute Gasteiger partial charge is 0.461 e. The van der Waals surface area contributed by atoms with Gasteiger partial charge in [0.05, 0.1) is 6.10 Å². The predicted molar refractivity (Wildman–Crippen MR) is 49.1 cm³/mol. The van der Waals surface area contributed by atoms with E-state index in [9.17, 15) is 9.59 Å². The molecule has 76 valence electrons. The fourth-order valence-corrected chi connectivity index (χ4v) is 0.912. The van der Waals surface area contributed by atoms with Crippen LogP contribution in [0.25, 0.3) is 0 Å². The van der Waals surface area contributed by atoms with Crippen molar-refractivity contribution in [2.24, 2.45) is 5.92 Å². The second-order valence-electron chi connectivity index (χ2n) is 3.49. The SMILES string of the molecule is CC(C)OC(=O)[C@@H](NC=O)C(C)C. The van der Waals surface area contributed by atoms with Crippen molar-refractivity contribution in [3.63, 3.8) is 0 Å². The Morgan fingerprint density at radius 1 is 1.31 bits per heavy atom. The van der Waals surface area contributed by atoms with Gasteiger partial charge in [-0.25, -0.2) is 4.79 Å². The van der Waals surface area contributed by atoms with Crippen LogP contribution in [0.15, 0.2) is 0 Å². The number of ether oxygens (including phenoxy) is 1. The first-order chi connectivity index (χ1) is 5.99. The summed E-state index contributed by atoms with van der Waals surface area (Å²) >= 11 is 0. The minimum Gasteiger partial charge on any atom is -0.461 e. The Bertz CT molecular complexity index is 178. The van der Waals surface area contributed by atoms with Crippen molar-refractivity contribution in [1.82, 2.24) is 5.32 Å². The van der Waals surface area contributed by atoms with Crippen LogP contribution in [0.4, 0.5) is 0 Å². The van der Waals surface area contributed by atoms with Crippen LogP contribution in [0, 0.1) is 5.92 Å². The zero-order chi connectivity index (χ0) is 10.4. The van der Waals surface area contributed by atoms with Crippen LogP contribution >= 0.6 is 0 Å². The third-order valence-corrected chi connectivity index (χ3v) is 1.52. The number of carbonyl (C=O) groups is 2. The van der Waals surface area contributed by atoms with Gasteiger partial charge in [-0.15, -0.1) is 0 Å². The highest BCUT2D eigenvalue weighted by atomic mass is 16.5. The third-order valence-electron chi connectivity index (χ3n) is 1.52. The molecule has 4 heteroatoms. The molecule has 0 aliphatic rings. The lowest BCUT2D eigenvalue weighted by Gasteiger charge is -2.19. The molecule has 0 aromatic rings. The quantitative estimate of drug-likeness (QED) is 0.509. The third kappa shape index (κ3) is 4.50. The molecule has 1 amide bonds. The van der Waals surface area contributed by atoms with E-state index in [1.54, 1.807) is 13.8 Å². The molecule has 0 unspecified atom stereocenters. The topological polar surface area (TPSA) is 55.4 Å². The molecule has 0 rings (SSSR count). The monoisotopic (exact) mass is 187 g/mol. The molecule has 0 aliphatic heterocycles. The summed E-state index contributed by atoms with van der Waals surface area (Å²) in [6.45, 7) is 7.25. The van der Waals surface area contributed by atoms with E-state index in [0.717, 1.165) is 0 Å². The number of amides is 1. The van der Waals surface area contributed by atoms with Gasteiger partial charge < -0.3 is 10.1 Å². The van der Waals surface area contributed by atoms with Crippen LogP contribution in [-0.2, 0) is 14.3 Å². The van der Waals surface area contributed by atoms with Crippen LogP contribution in [-0.4, -0.2) is 24.5 Å². The summed E-state index contributed by atoms with van der Waals surface area (Å²) < 4.78 is 4.97. The van der Waals surface area contributed by atoms with E-state index >= 15 is 0 Å². The smallest absolute Gasteiger partial charge is 0.329 e. The maximum Gasteiger partial charge on any atom is 0.329 e. The van der Waals surface area contributed by atoms with E-state index < -0.39 is 6.04 Å². The summed E-state index contributed by atoms with van der Waals surface area (Å²) in [6, 6.07) is -0.542. The second kappa shape index (κ2) is 5.56. The van der Waals surface area contributed by atoms with Crippen LogP contribution in [0.3, 0.4) is 0 Å². The number of esters is 1. The lowest BCUT2D eigenvalue weighted by molar-refractivity contribution is -0.151. The summed E-state index contributed by atoms with van der Waals surface area (Å²) in [4.78, 5) is 21.5. The van der Waals surface area contributed by atoms with E-state index in [4.69, 9.17) is 4.74 Å². The molecule has 0 aromatic heterocycles. The van der Waals surface area contributed by atoms with E-state index in [1.165, 1.54) is 0 Å². The van der Waals surface area contributed by atoms with E-state index in [0.29, 0.717) is 6.41 Å². The van der Waals surface area contributed by atoms with Gasteiger partial charge in [0.1, 0.15) is 6.04 Å². The van der Waals surface area contributed by atoms with Gasteiger partial charge >= 0.3 is 5.97 Å². The number of rotatable bonds is 5. The van der Waals surface area contributed by atoms with Crippen molar-refractivity contribution >= 4 is 12.4 Å². The second-order valence-corrected chi connectivity index (χ2v) is 3.49. The highest BCUT2D eigenvalue weighted by Crippen LogP contribution is 2.04. The fourth-order valence-electron chi connectivity index (χ4n) is 0.912. The molecule has 4 nitrogen and oxygen atoms in total. The molecule has 0 heterocycles. The molecule has 13 heavy (non-hydrogen) atoms. The molecule has 0 saturated heterocycles. The summed E-state index contributed by atoms with van der Waals surface area (Å²) in [5, 5.41) is 2.43. The lowest BCUT2D eigenvalue weighted by Crippen LogP contribution is -2.42. The lowest BCUT2D eigenvalue weighted by atomic mass is 10.1. The number of hydrogen-bond donors (Lipinski definition) is 1. The highest BCUT2D eigenvalue weighted by molar-refractivity contribution is 5.78. The van der Waals surface area contributed by atoms with Crippen molar-refractivity contribution in [3.05, 3.63) is 0 Å². The molecule has 0 saturated carbocycles. The van der Waals surface area contributed by atoms with Gasteiger partial charge in [0.2, 0.25) is 6.41 Å². The molecular formula is C9H17NO3. The first-order valence-corrected chi connectivity index (χ1v) is 4.39. The Labute approximate surface area is 78.6 Å². The van der Waals surface area contributed by atoms with Gasteiger partial charge in [0, 0.05) is 0 Å². The van der Waals surface area contributed by atoms with Crippen molar-refractivity contribution in [2.45, 2.75) is 39.8 Å². The van der Waals surface area contributed by atoms with E-state index in [2.05, 4.69) is 5.32 Å². The summed E-state index contributed by atoms with van der Waals surface area (Å²) in [7, 11) is 0. The van der Waals surface area contributed by atoms with Crippen molar-refractivity contribution in [2.75, 3.05) is 0 Å². The molecule has 1 N–H and O–H groups in total. The molecule has 0 aliphatic carbocycles. The van der Waals surface area contributed by atoms with Gasteiger partial charge in [-0.1, -0.05) is 13.8 Å². The van der Waals surface area contributed by atoms with Gasteiger partial charge in [0.15, 0.2) is 0 Å². The number of nitrogens with one attached hydrogen (secondary N) is 1. The minimum atomic E-state index is -0.542. The average molecular weight is 187 g/mol. The normalized spacial score (nSPS) is 12.8. The molecule has 0 spiro atoms. The van der Waals surface area contributed by atoms with Crippen LogP contribution in [0.5, 0.6) is 0 Å². The first kappa shape index (κ1) is 11.9. The van der Waals surface area contributed by atoms with E-state index in [1.807, 2.05) is 13.8 Å². The summed E-state index contributed by atoms with van der Waals surface area (Å²) in [6.07, 6.45) is 0.369. The summed E-state index contributed by atoms with van der Waals surface area (Å²) in [5.74, 6) is -0.339. The van der Waals surface area contributed by atoms with Gasteiger partial charge in [0.25, 0.3) is 0 Å². The van der Waals surface area contributed by atoms with Gasteiger partial charge in [-0.2, -0.15) is 0 Å². The van der Waals surface area contributed by atoms with Crippen LogP contribution in [0.1, 0.15) is 27.7 Å². The Kier molecular flexibility index (Phi) is 5.11. The van der Waals surface area contributed by atoms with Crippen molar-refractivity contribution < 1.29 is 14.3 Å². The predicted octanol–water partition coefficient (Wildman–Crippen LogP) is 0.709. The Hall–Kier alpha value is -1.06. The zero-order valence-corrected chi connectivity index (χ0v) is 8.53. The molecule has 1 atom stereocenters. The molecule has 0 aromatic carbocycles. The minimum absolute atomic E-state index is 0.0384. The van der Waals surface area contributed by atoms with Crippen LogP contribution in [0.2, 0.25) is 0 Å².